The van der Waals surface area contributed by atoms with Gasteiger partial charge in [0.1, 0.15) is 30.6 Å². The highest BCUT2D eigenvalue weighted by atomic mass is 16.7. The molecule has 0 saturated carbocycles. The van der Waals surface area contributed by atoms with Crippen molar-refractivity contribution >= 4 is 10.9 Å². The first-order valence-corrected chi connectivity index (χ1v) is 15.2. The van der Waals surface area contributed by atoms with Crippen LogP contribution in [0.5, 0.6) is 17.2 Å². The standard InChI is InChI=1S/C38H36N2O3/c1-3-26-25-40(19-17-29(26)20-31(40)21-30-16-18-39-37-15-14-32(41)22-34(30)37)43-33-23-35(27-10-6-4-7-11-27)38(42-2)36(24-33)28-12-8-5-9-13-28/h3-16,18,22-24,26,29,31H,1,17,19-21,25H2,2H3/p+1. The maximum Gasteiger partial charge on any atom is 0.191 e. The molecular weight excluding hydrogens is 532 g/mol. The van der Waals surface area contributed by atoms with E-state index in [9.17, 15) is 5.11 Å². The van der Waals surface area contributed by atoms with E-state index >= 15 is 0 Å². The summed E-state index contributed by atoms with van der Waals surface area (Å²) in [4.78, 5) is 11.8. The van der Waals surface area contributed by atoms with Crippen LogP contribution in [0.25, 0.3) is 33.2 Å². The van der Waals surface area contributed by atoms with Crippen LogP contribution in [0.2, 0.25) is 0 Å². The number of aromatic hydroxyl groups is 1. The van der Waals surface area contributed by atoms with E-state index in [1.807, 2.05) is 30.5 Å². The maximum atomic E-state index is 10.3. The van der Waals surface area contributed by atoms with Crippen molar-refractivity contribution in [1.82, 2.24) is 4.98 Å². The van der Waals surface area contributed by atoms with Gasteiger partial charge in [-0.15, -0.1) is 11.2 Å². The number of aromatic nitrogens is 1. The Morgan fingerprint density at radius 3 is 2.28 bits per heavy atom. The summed E-state index contributed by atoms with van der Waals surface area (Å²) in [6.45, 7) is 6.05. The highest BCUT2D eigenvalue weighted by Gasteiger charge is 2.54. The average molecular weight is 570 g/mol. The van der Waals surface area contributed by atoms with Crippen molar-refractivity contribution in [3.8, 4) is 39.5 Å². The van der Waals surface area contributed by atoms with Gasteiger partial charge < -0.3 is 14.7 Å². The maximum absolute atomic E-state index is 10.3. The highest BCUT2D eigenvalue weighted by molar-refractivity contribution is 5.84. The quantitative estimate of drug-likeness (QED) is 0.151. The zero-order valence-electron chi connectivity index (χ0n) is 24.5. The Hall–Kier alpha value is -4.61. The molecule has 3 aliphatic rings. The molecule has 3 aliphatic heterocycles. The molecule has 3 fully saturated rings. The van der Waals surface area contributed by atoms with Crippen molar-refractivity contribution in [1.29, 1.82) is 0 Å². The minimum absolute atomic E-state index is 0.255. The SMILES string of the molecule is C=CC1C[N+]2(Oc3cc(-c4ccccc4)c(OC)c(-c4ccccc4)c3)CCC1CC2Cc1ccnc2ccc(O)cc12. The number of phenols is 1. The largest absolute Gasteiger partial charge is 0.508 e. The Labute approximate surface area is 253 Å². The number of methoxy groups -OCH3 is 1. The summed E-state index contributed by atoms with van der Waals surface area (Å²) in [5, 5.41) is 11.3. The van der Waals surface area contributed by atoms with Gasteiger partial charge in [0.2, 0.25) is 0 Å². The number of rotatable bonds is 8. The Morgan fingerprint density at radius 2 is 1.63 bits per heavy atom. The third kappa shape index (κ3) is 5.04. The van der Waals surface area contributed by atoms with Crippen LogP contribution in [-0.4, -0.2) is 41.0 Å². The number of hydrogen-bond donors (Lipinski definition) is 1. The third-order valence-corrected chi connectivity index (χ3v) is 9.54. The molecule has 5 nitrogen and oxygen atoms in total. The van der Waals surface area contributed by atoms with Gasteiger partial charge in [-0.2, -0.15) is 0 Å². The molecule has 1 N–H and O–H groups in total. The predicted molar refractivity (Wildman–Crippen MR) is 172 cm³/mol. The summed E-state index contributed by atoms with van der Waals surface area (Å²) in [5.41, 5.74) is 6.29. The molecule has 0 aliphatic carbocycles. The molecule has 3 saturated heterocycles. The van der Waals surface area contributed by atoms with E-state index in [1.165, 1.54) is 5.56 Å². The fourth-order valence-corrected chi connectivity index (χ4v) is 7.41. The zero-order valence-corrected chi connectivity index (χ0v) is 24.5. The summed E-state index contributed by atoms with van der Waals surface area (Å²) in [6, 6.07) is 32.9. The number of nitrogens with zero attached hydrogens (tertiary/aromatic N) is 2. The van der Waals surface area contributed by atoms with E-state index in [2.05, 4.69) is 84.4 Å². The molecule has 4 atom stereocenters. The Bertz CT molecular complexity index is 1710. The average Bonchev–Trinajstić information content (AvgIpc) is 3.06. The van der Waals surface area contributed by atoms with Crippen LogP contribution < -0.4 is 9.57 Å². The van der Waals surface area contributed by atoms with E-state index in [0.717, 1.165) is 77.0 Å². The lowest BCUT2D eigenvalue weighted by atomic mass is 9.73. The molecule has 0 amide bonds. The fourth-order valence-electron chi connectivity index (χ4n) is 7.41. The van der Waals surface area contributed by atoms with Crippen molar-refractivity contribution in [3.63, 3.8) is 0 Å². The van der Waals surface area contributed by atoms with Gasteiger partial charge in [-0.05, 0) is 59.0 Å². The normalized spacial score (nSPS) is 22.8. The Morgan fingerprint density at radius 1 is 0.930 bits per heavy atom. The van der Waals surface area contributed by atoms with Crippen LogP contribution >= 0.6 is 0 Å². The number of hydroxylamine groups is 3. The lowest BCUT2D eigenvalue weighted by molar-refractivity contribution is -1.11. The molecule has 216 valence electrons. The van der Waals surface area contributed by atoms with Crippen LogP contribution in [0.1, 0.15) is 18.4 Å². The molecular formula is C38H37N2O3+. The highest BCUT2D eigenvalue weighted by Crippen LogP contribution is 2.47. The van der Waals surface area contributed by atoms with E-state index in [-0.39, 0.29) is 11.8 Å². The van der Waals surface area contributed by atoms with Crippen molar-refractivity contribution < 1.29 is 19.3 Å². The van der Waals surface area contributed by atoms with Gasteiger partial charge in [0.05, 0.1) is 12.6 Å². The van der Waals surface area contributed by atoms with Gasteiger partial charge in [0, 0.05) is 47.9 Å². The molecule has 5 heteroatoms. The molecule has 4 heterocycles. The van der Waals surface area contributed by atoms with Crippen molar-refractivity contribution in [2.45, 2.75) is 25.3 Å². The van der Waals surface area contributed by atoms with Crippen molar-refractivity contribution in [2.75, 3.05) is 20.2 Å². The lowest BCUT2D eigenvalue weighted by Gasteiger charge is -2.54. The van der Waals surface area contributed by atoms with Crippen LogP contribution in [0.4, 0.5) is 0 Å². The number of pyridine rings is 1. The topological polar surface area (TPSA) is 51.6 Å². The third-order valence-electron chi connectivity index (χ3n) is 9.54. The second-order valence-corrected chi connectivity index (χ2v) is 11.9. The first-order chi connectivity index (χ1) is 21.1. The summed E-state index contributed by atoms with van der Waals surface area (Å²) in [6.07, 6.45) is 7.03. The lowest BCUT2D eigenvalue weighted by Crippen LogP contribution is -2.68. The van der Waals surface area contributed by atoms with Gasteiger partial charge >= 0.3 is 0 Å². The minimum atomic E-state index is 0.255. The monoisotopic (exact) mass is 569 g/mol. The van der Waals surface area contributed by atoms with E-state index in [0.29, 0.717) is 16.5 Å². The van der Waals surface area contributed by atoms with Crippen LogP contribution in [0, 0.1) is 11.8 Å². The minimum Gasteiger partial charge on any atom is -0.508 e. The summed E-state index contributed by atoms with van der Waals surface area (Å²) in [5.74, 6) is 2.95. The van der Waals surface area contributed by atoms with Crippen LogP contribution in [0.3, 0.4) is 0 Å². The molecule has 8 rings (SSSR count). The Balaban J connectivity index is 1.33. The zero-order chi connectivity index (χ0) is 29.4. The van der Waals surface area contributed by atoms with Gasteiger partial charge in [-0.1, -0.05) is 66.7 Å². The Kier molecular flexibility index (Phi) is 7.12. The first-order valence-electron chi connectivity index (χ1n) is 15.2. The van der Waals surface area contributed by atoms with E-state index < -0.39 is 0 Å². The number of phenolic OH excluding ortho intramolecular Hbond substituents is 1. The first kappa shape index (κ1) is 27.2. The number of piperidine rings is 3. The van der Waals surface area contributed by atoms with Crippen molar-refractivity contribution in [2.24, 2.45) is 11.8 Å². The van der Waals surface area contributed by atoms with Crippen LogP contribution in [0.15, 0.2) is 116 Å². The summed E-state index contributed by atoms with van der Waals surface area (Å²) >= 11 is 0. The van der Waals surface area contributed by atoms with Gasteiger partial charge in [0.15, 0.2) is 5.75 Å². The summed E-state index contributed by atoms with van der Waals surface area (Å²) in [7, 11) is 1.74. The number of benzene rings is 4. The second-order valence-electron chi connectivity index (χ2n) is 11.9. The second kappa shape index (κ2) is 11.2. The molecule has 0 radical (unpaired) electrons. The van der Waals surface area contributed by atoms with E-state index in [4.69, 9.17) is 9.57 Å². The fraction of sp³-hybridized carbons (Fsp3) is 0.237. The molecule has 1 aromatic heterocycles. The van der Waals surface area contributed by atoms with Gasteiger partial charge in [0.25, 0.3) is 0 Å². The molecule has 0 spiro atoms. The number of fused-ring (bicyclic) bond motifs is 4. The smallest absolute Gasteiger partial charge is 0.191 e. The van der Waals surface area contributed by atoms with Crippen molar-refractivity contribution in [3.05, 3.63) is 121 Å². The predicted octanol–water partition coefficient (Wildman–Crippen LogP) is 8.23. The summed E-state index contributed by atoms with van der Waals surface area (Å²) < 4.78 is 6.62. The van der Waals surface area contributed by atoms with Crippen LogP contribution in [-0.2, 0) is 6.42 Å². The number of ether oxygens (including phenoxy) is 1. The number of hydrogen-bond acceptors (Lipinski definition) is 4. The molecule has 5 aromatic rings. The van der Waals surface area contributed by atoms with Gasteiger partial charge in [-0.25, -0.2) is 0 Å². The van der Waals surface area contributed by atoms with Gasteiger partial charge in [-0.3, -0.25) is 4.98 Å². The molecule has 4 aromatic carbocycles. The molecule has 4 unspecified atom stereocenters. The van der Waals surface area contributed by atoms with E-state index in [1.54, 1.807) is 13.2 Å². The number of quaternary nitrogens is 1. The molecule has 2 bridgehead atoms. The molecule has 43 heavy (non-hydrogen) atoms.